The predicted octanol–water partition coefficient (Wildman–Crippen LogP) is 3.65. The fourth-order valence-corrected chi connectivity index (χ4v) is 3.30. The van der Waals surface area contributed by atoms with Crippen molar-refractivity contribution in [2.45, 2.75) is 51.0 Å². The molecule has 21 heavy (non-hydrogen) atoms. The first-order chi connectivity index (χ1) is 9.99. The summed E-state index contributed by atoms with van der Waals surface area (Å²) in [6.07, 6.45) is 5.97. The number of amides is 1. The van der Waals surface area contributed by atoms with Gasteiger partial charge in [-0.3, -0.25) is 4.79 Å². The lowest BCUT2D eigenvalue weighted by molar-refractivity contribution is -0.141. The molecule has 1 unspecified atom stereocenters. The Morgan fingerprint density at radius 1 is 1.29 bits per heavy atom. The maximum absolute atomic E-state index is 11.3. The number of rotatable bonds is 4. The second-order valence-electron chi connectivity index (χ2n) is 5.59. The Morgan fingerprint density at radius 2 is 1.95 bits per heavy atom. The van der Waals surface area contributed by atoms with E-state index >= 15 is 0 Å². The van der Waals surface area contributed by atoms with Crippen LogP contribution in [-0.2, 0) is 9.59 Å². The van der Waals surface area contributed by atoms with Crippen molar-refractivity contribution < 1.29 is 14.7 Å². The van der Waals surface area contributed by atoms with Crippen LogP contribution in [0.15, 0.2) is 18.2 Å². The zero-order valence-corrected chi connectivity index (χ0v) is 12.8. The molecule has 0 spiro atoms. The van der Waals surface area contributed by atoms with Gasteiger partial charge in [-0.15, -0.1) is 0 Å². The number of halogens is 1. The third-order valence-corrected chi connectivity index (χ3v) is 4.32. The van der Waals surface area contributed by atoms with E-state index in [0.717, 1.165) is 18.4 Å². The van der Waals surface area contributed by atoms with E-state index in [9.17, 15) is 14.7 Å². The molecule has 0 radical (unpaired) electrons. The lowest BCUT2D eigenvalue weighted by atomic mass is 9.83. The third-order valence-electron chi connectivity index (χ3n) is 4.00. The number of aliphatic carboxylic acids is 1. The molecular weight excluding hydrogens is 290 g/mol. The van der Waals surface area contributed by atoms with Crippen LogP contribution >= 0.6 is 11.6 Å². The molecule has 0 bridgehead atoms. The lowest BCUT2D eigenvalue weighted by Gasteiger charge is -2.24. The fourth-order valence-electron chi connectivity index (χ4n) is 2.96. The third kappa shape index (κ3) is 3.97. The Balaban J connectivity index is 2.24. The summed E-state index contributed by atoms with van der Waals surface area (Å²) in [7, 11) is 0. The first-order valence-corrected chi connectivity index (χ1v) is 7.66. The molecular formula is C16H20ClNO3. The summed E-state index contributed by atoms with van der Waals surface area (Å²) < 4.78 is 0. The van der Waals surface area contributed by atoms with Gasteiger partial charge in [0.05, 0.1) is 0 Å². The number of carbonyl (C=O) groups is 2. The summed E-state index contributed by atoms with van der Waals surface area (Å²) in [5.74, 6) is -1.01. The lowest BCUT2D eigenvalue weighted by Crippen LogP contribution is -2.32. The number of carbonyl (C=O) groups excluding carboxylic acids is 1. The van der Waals surface area contributed by atoms with Gasteiger partial charge in [0, 0.05) is 11.9 Å². The number of hydrogen-bond donors (Lipinski definition) is 2. The van der Waals surface area contributed by atoms with Crippen molar-refractivity contribution in [1.29, 1.82) is 0 Å². The Kier molecular flexibility index (Phi) is 5.23. The number of carboxylic acids is 1. The maximum atomic E-state index is 11.3. The molecule has 0 saturated heterocycles. The van der Waals surface area contributed by atoms with Crippen LogP contribution in [-0.4, -0.2) is 17.0 Å². The standard InChI is InChI=1S/C16H20ClNO3/c1-10(19)18-15(16(20)21)12-7-8-13(14(17)9-12)11-5-3-2-4-6-11/h7-9,11,15H,2-6H2,1H3,(H,18,19)(H,20,21). The van der Waals surface area contributed by atoms with Gasteiger partial charge in [-0.05, 0) is 36.0 Å². The molecule has 5 heteroatoms. The van der Waals surface area contributed by atoms with E-state index in [1.54, 1.807) is 12.1 Å². The molecule has 2 N–H and O–H groups in total. The quantitative estimate of drug-likeness (QED) is 0.892. The van der Waals surface area contributed by atoms with E-state index in [4.69, 9.17) is 11.6 Å². The van der Waals surface area contributed by atoms with E-state index in [1.807, 2.05) is 6.07 Å². The molecule has 114 valence electrons. The smallest absolute Gasteiger partial charge is 0.330 e. The zero-order valence-electron chi connectivity index (χ0n) is 12.1. The SMILES string of the molecule is CC(=O)NC(C(=O)O)c1ccc(C2CCCCC2)c(Cl)c1. The van der Waals surface area contributed by atoms with E-state index in [-0.39, 0.29) is 5.91 Å². The highest BCUT2D eigenvalue weighted by Crippen LogP contribution is 2.37. The minimum absolute atomic E-state index is 0.380. The number of hydrogen-bond acceptors (Lipinski definition) is 2. The molecule has 1 saturated carbocycles. The van der Waals surface area contributed by atoms with Crippen LogP contribution in [0.1, 0.15) is 62.1 Å². The molecule has 1 aliphatic carbocycles. The van der Waals surface area contributed by atoms with Gasteiger partial charge in [-0.25, -0.2) is 4.79 Å². The van der Waals surface area contributed by atoms with E-state index in [0.29, 0.717) is 16.5 Å². The van der Waals surface area contributed by atoms with Gasteiger partial charge in [0.25, 0.3) is 0 Å². The first kappa shape index (κ1) is 15.8. The fraction of sp³-hybridized carbons (Fsp3) is 0.500. The second kappa shape index (κ2) is 6.94. The molecule has 0 heterocycles. The molecule has 1 aliphatic rings. The summed E-state index contributed by atoms with van der Waals surface area (Å²) in [6.45, 7) is 1.30. The van der Waals surface area contributed by atoms with Crippen molar-refractivity contribution in [3.05, 3.63) is 34.3 Å². The monoisotopic (exact) mass is 309 g/mol. The summed E-state index contributed by atoms with van der Waals surface area (Å²) >= 11 is 6.34. The van der Waals surface area contributed by atoms with Gasteiger partial charge in [-0.1, -0.05) is 43.0 Å². The normalized spacial score (nSPS) is 17.2. The van der Waals surface area contributed by atoms with Crippen molar-refractivity contribution in [3.63, 3.8) is 0 Å². The van der Waals surface area contributed by atoms with Gasteiger partial charge >= 0.3 is 5.97 Å². The second-order valence-corrected chi connectivity index (χ2v) is 5.99. The van der Waals surface area contributed by atoms with Crippen LogP contribution in [0.2, 0.25) is 5.02 Å². The van der Waals surface area contributed by atoms with Crippen molar-refractivity contribution in [3.8, 4) is 0 Å². The zero-order chi connectivity index (χ0) is 15.4. The highest BCUT2D eigenvalue weighted by Gasteiger charge is 2.23. The van der Waals surface area contributed by atoms with Crippen LogP contribution in [0.3, 0.4) is 0 Å². The average molecular weight is 310 g/mol. The number of benzene rings is 1. The van der Waals surface area contributed by atoms with Crippen molar-refractivity contribution in [1.82, 2.24) is 5.32 Å². The molecule has 1 aromatic rings. The van der Waals surface area contributed by atoms with E-state index in [1.165, 1.54) is 26.2 Å². The molecule has 1 fully saturated rings. The minimum atomic E-state index is -1.09. The van der Waals surface area contributed by atoms with Crippen molar-refractivity contribution >= 4 is 23.5 Å². The minimum Gasteiger partial charge on any atom is -0.479 e. The summed E-state index contributed by atoms with van der Waals surface area (Å²) in [6, 6.07) is 4.27. The van der Waals surface area contributed by atoms with Crippen LogP contribution in [0, 0.1) is 0 Å². The predicted molar refractivity (Wildman–Crippen MR) is 81.5 cm³/mol. The number of nitrogens with one attached hydrogen (secondary N) is 1. The first-order valence-electron chi connectivity index (χ1n) is 7.28. The highest BCUT2D eigenvalue weighted by atomic mass is 35.5. The van der Waals surface area contributed by atoms with Gasteiger partial charge in [0.15, 0.2) is 6.04 Å². The average Bonchev–Trinajstić information content (AvgIpc) is 2.45. The maximum Gasteiger partial charge on any atom is 0.330 e. The largest absolute Gasteiger partial charge is 0.479 e. The molecule has 0 aromatic heterocycles. The van der Waals surface area contributed by atoms with Gasteiger partial charge < -0.3 is 10.4 Å². The van der Waals surface area contributed by atoms with Gasteiger partial charge in [0.1, 0.15) is 0 Å². The summed E-state index contributed by atoms with van der Waals surface area (Å²) in [5.41, 5.74) is 1.59. The topological polar surface area (TPSA) is 66.4 Å². The van der Waals surface area contributed by atoms with Crippen LogP contribution in [0.5, 0.6) is 0 Å². The summed E-state index contributed by atoms with van der Waals surface area (Å²) in [5, 5.41) is 12.2. The van der Waals surface area contributed by atoms with Gasteiger partial charge in [-0.2, -0.15) is 0 Å². The van der Waals surface area contributed by atoms with Gasteiger partial charge in [0.2, 0.25) is 5.91 Å². The Bertz CT molecular complexity index is 538. The molecule has 1 aromatic carbocycles. The molecule has 1 atom stereocenters. The highest BCUT2D eigenvalue weighted by molar-refractivity contribution is 6.31. The van der Waals surface area contributed by atoms with Crippen LogP contribution < -0.4 is 5.32 Å². The van der Waals surface area contributed by atoms with Crippen molar-refractivity contribution in [2.75, 3.05) is 0 Å². The Labute approximate surface area is 129 Å². The van der Waals surface area contributed by atoms with Crippen LogP contribution in [0.4, 0.5) is 0 Å². The summed E-state index contributed by atoms with van der Waals surface area (Å²) in [4.78, 5) is 22.4. The molecule has 0 aliphatic heterocycles. The van der Waals surface area contributed by atoms with E-state index < -0.39 is 12.0 Å². The molecule has 1 amide bonds. The Morgan fingerprint density at radius 3 is 2.48 bits per heavy atom. The molecule has 2 rings (SSSR count). The van der Waals surface area contributed by atoms with E-state index in [2.05, 4.69) is 5.32 Å². The van der Waals surface area contributed by atoms with Crippen LogP contribution in [0.25, 0.3) is 0 Å². The number of carboxylic acid groups (broad SMARTS) is 1. The Hall–Kier alpha value is -1.55. The molecule has 4 nitrogen and oxygen atoms in total. The van der Waals surface area contributed by atoms with Crippen molar-refractivity contribution in [2.24, 2.45) is 0 Å².